The second kappa shape index (κ2) is 10.7. The van der Waals surface area contributed by atoms with Crippen LogP contribution in [0.25, 0.3) is 11.5 Å². The fraction of sp³-hybridized carbons (Fsp3) is 0.400. The topological polar surface area (TPSA) is 107 Å². The van der Waals surface area contributed by atoms with Crippen molar-refractivity contribution in [3.63, 3.8) is 0 Å². The number of aromatic nitrogens is 5. The minimum atomic E-state index is -0.379. The number of benzene rings is 1. The van der Waals surface area contributed by atoms with Gasteiger partial charge in [-0.05, 0) is 25.3 Å². The summed E-state index contributed by atoms with van der Waals surface area (Å²) < 4.78 is 7.50. The number of rotatable bonds is 10. The van der Waals surface area contributed by atoms with Gasteiger partial charge in [-0.3, -0.25) is 9.36 Å². The van der Waals surface area contributed by atoms with Crippen molar-refractivity contribution >= 4 is 11.3 Å². The summed E-state index contributed by atoms with van der Waals surface area (Å²) in [5.74, 6) is 0.480. The van der Waals surface area contributed by atoms with E-state index in [2.05, 4.69) is 34.0 Å². The first-order chi connectivity index (χ1) is 16.5. The molecule has 0 fully saturated rings. The molecular formula is C25H29N5O3S. The van der Waals surface area contributed by atoms with Crippen LogP contribution in [-0.4, -0.2) is 29.8 Å². The van der Waals surface area contributed by atoms with Crippen LogP contribution in [0.2, 0.25) is 0 Å². The number of unbranched alkanes of at least 4 members (excludes halogenated alkanes) is 1. The molecule has 0 spiro atoms. The molecule has 34 heavy (non-hydrogen) atoms. The first-order valence-corrected chi connectivity index (χ1v) is 12.5. The summed E-state index contributed by atoms with van der Waals surface area (Å²) in [7, 11) is 0. The van der Waals surface area contributed by atoms with Gasteiger partial charge < -0.3 is 9.52 Å². The molecule has 0 aliphatic heterocycles. The van der Waals surface area contributed by atoms with Crippen molar-refractivity contribution in [1.82, 2.24) is 24.7 Å². The Morgan fingerprint density at radius 1 is 1.12 bits per heavy atom. The highest BCUT2D eigenvalue weighted by molar-refractivity contribution is 7.09. The van der Waals surface area contributed by atoms with Crippen LogP contribution in [0.5, 0.6) is 5.88 Å². The second-order valence-corrected chi connectivity index (χ2v) is 9.32. The van der Waals surface area contributed by atoms with Crippen LogP contribution < -0.4 is 5.56 Å². The highest BCUT2D eigenvalue weighted by atomic mass is 32.1. The molecule has 9 heteroatoms. The lowest BCUT2D eigenvalue weighted by molar-refractivity contribution is 0.422. The van der Waals surface area contributed by atoms with Crippen molar-refractivity contribution in [2.45, 2.75) is 65.3 Å². The number of thiazole rings is 1. The van der Waals surface area contributed by atoms with E-state index < -0.39 is 0 Å². The van der Waals surface area contributed by atoms with Crippen molar-refractivity contribution in [1.29, 1.82) is 0 Å². The maximum absolute atomic E-state index is 13.9. The monoisotopic (exact) mass is 479 g/mol. The smallest absolute Gasteiger partial charge is 0.270 e. The van der Waals surface area contributed by atoms with E-state index in [4.69, 9.17) is 4.42 Å². The Bertz CT molecular complexity index is 1300. The zero-order chi connectivity index (χ0) is 24.1. The van der Waals surface area contributed by atoms with Gasteiger partial charge in [0.1, 0.15) is 5.82 Å². The lowest BCUT2D eigenvalue weighted by Gasteiger charge is -2.23. The van der Waals surface area contributed by atoms with Crippen molar-refractivity contribution < 1.29 is 9.52 Å². The summed E-state index contributed by atoms with van der Waals surface area (Å²) in [6, 6.07) is 9.71. The molecule has 3 aromatic heterocycles. The lowest BCUT2D eigenvalue weighted by atomic mass is 10.0. The van der Waals surface area contributed by atoms with Gasteiger partial charge in [0, 0.05) is 11.8 Å². The molecule has 0 amide bonds. The third kappa shape index (κ3) is 5.09. The van der Waals surface area contributed by atoms with E-state index in [9.17, 15) is 9.90 Å². The van der Waals surface area contributed by atoms with Gasteiger partial charge in [0.05, 0.1) is 23.2 Å². The molecule has 1 N–H and O–H groups in total. The third-order valence-electron chi connectivity index (χ3n) is 5.66. The normalized spacial score (nSPS) is 12.2. The second-order valence-electron chi connectivity index (χ2n) is 8.26. The molecule has 4 rings (SSSR count). The van der Waals surface area contributed by atoms with E-state index in [0.717, 1.165) is 41.9 Å². The first kappa shape index (κ1) is 23.8. The van der Waals surface area contributed by atoms with Crippen LogP contribution in [0.1, 0.15) is 73.6 Å². The lowest BCUT2D eigenvalue weighted by Crippen LogP contribution is -2.31. The summed E-state index contributed by atoms with van der Waals surface area (Å²) in [5, 5.41) is 21.8. The number of aryl methyl sites for hydroxylation is 2. The van der Waals surface area contributed by atoms with Gasteiger partial charge in [-0.1, -0.05) is 57.0 Å². The molecule has 3 heterocycles. The fourth-order valence-electron chi connectivity index (χ4n) is 4.05. The van der Waals surface area contributed by atoms with Crippen LogP contribution in [-0.2, 0) is 12.8 Å². The molecule has 178 valence electrons. The molecule has 1 atom stereocenters. The third-order valence-corrected chi connectivity index (χ3v) is 6.48. The van der Waals surface area contributed by atoms with Crippen LogP contribution in [0.4, 0.5) is 0 Å². The molecule has 0 saturated heterocycles. The molecule has 0 saturated carbocycles. The molecule has 0 radical (unpaired) electrons. The summed E-state index contributed by atoms with van der Waals surface area (Å²) in [6.45, 7) is 6.10. The number of aromatic hydroxyl groups is 1. The predicted molar refractivity (Wildman–Crippen MR) is 131 cm³/mol. The van der Waals surface area contributed by atoms with Gasteiger partial charge in [0.25, 0.3) is 11.4 Å². The van der Waals surface area contributed by atoms with Crippen LogP contribution >= 0.6 is 11.3 Å². The summed E-state index contributed by atoms with van der Waals surface area (Å²) >= 11 is 1.54. The Morgan fingerprint density at radius 3 is 2.59 bits per heavy atom. The van der Waals surface area contributed by atoms with E-state index in [-0.39, 0.29) is 28.9 Å². The Balaban J connectivity index is 1.81. The van der Waals surface area contributed by atoms with Crippen molar-refractivity contribution in [3.05, 3.63) is 74.0 Å². The van der Waals surface area contributed by atoms with E-state index >= 15 is 0 Å². The number of hydrogen-bond acceptors (Lipinski definition) is 8. The quantitative estimate of drug-likeness (QED) is 0.338. The Morgan fingerprint density at radius 2 is 1.91 bits per heavy atom. The Kier molecular flexibility index (Phi) is 7.52. The van der Waals surface area contributed by atoms with E-state index in [1.807, 2.05) is 42.6 Å². The van der Waals surface area contributed by atoms with Crippen molar-refractivity contribution in [2.24, 2.45) is 0 Å². The molecule has 1 aromatic carbocycles. The van der Waals surface area contributed by atoms with Gasteiger partial charge in [-0.2, -0.15) is 4.98 Å². The van der Waals surface area contributed by atoms with Gasteiger partial charge in [0.15, 0.2) is 5.56 Å². The fourth-order valence-corrected chi connectivity index (χ4v) is 4.66. The zero-order valence-electron chi connectivity index (χ0n) is 19.7. The van der Waals surface area contributed by atoms with Gasteiger partial charge in [0.2, 0.25) is 11.8 Å². The minimum Gasteiger partial charge on any atom is -0.493 e. The predicted octanol–water partition coefficient (Wildman–Crippen LogP) is 5.09. The largest absolute Gasteiger partial charge is 0.493 e. The highest BCUT2D eigenvalue weighted by Gasteiger charge is 2.27. The molecule has 4 aromatic rings. The van der Waals surface area contributed by atoms with E-state index in [1.165, 1.54) is 0 Å². The van der Waals surface area contributed by atoms with Crippen LogP contribution in [0.15, 0.2) is 44.9 Å². The average Bonchev–Trinajstić information content (AvgIpc) is 3.46. The van der Waals surface area contributed by atoms with Crippen molar-refractivity contribution in [2.75, 3.05) is 0 Å². The van der Waals surface area contributed by atoms with Crippen LogP contribution in [0, 0.1) is 6.92 Å². The zero-order valence-corrected chi connectivity index (χ0v) is 20.5. The summed E-state index contributed by atoms with van der Waals surface area (Å²) in [4.78, 5) is 22.7. The average molecular weight is 480 g/mol. The molecular weight excluding hydrogens is 450 g/mol. The van der Waals surface area contributed by atoms with Gasteiger partial charge >= 0.3 is 0 Å². The van der Waals surface area contributed by atoms with Crippen LogP contribution in [0.3, 0.4) is 0 Å². The number of nitrogens with zero attached hydrogens (tertiary/aromatic N) is 5. The first-order valence-electron chi connectivity index (χ1n) is 11.6. The SMILES string of the molecule is CCCCc1nc(O)c(-c2nnc(Cc3csc(C)n3)o2)c(=O)n1[C@@H](CCC)c1ccccc1. The van der Waals surface area contributed by atoms with E-state index in [1.54, 1.807) is 15.9 Å². The summed E-state index contributed by atoms with van der Waals surface area (Å²) in [6.07, 6.45) is 4.39. The molecule has 8 nitrogen and oxygen atoms in total. The number of hydrogen-bond donors (Lipinski definition) is 1. The molecule has 0 bridgehead atoms. The minimum absolute atomic E-state index is 0.0314. The van der Waals surface area contributed by atoms with E-state index in [0.29, 0.717) is 24.6 Å². The molecule has 0 aliphatic carbocycles. The van der Waals surface area contributed by atoms with Crippen molar-refractivity contribution in [3.8, 4) is 17.3 Å². The molecule has 0 aliphatic rings. The maximum Gasteiger partial charge on any atom is 0.270 e. The highest BCUT2D eigenvalue weighted by Crippen LogP contribution is 2.29. The van der Waals surface area contributed by atoms with Gasteiger partial charge in [-0.15, -0.1) is 21.5 Å². The molecule has 0 unspecified atom stereocenters. The van der Waals surface area contributed by atoms with Gasteiger partial charge in [-0.25, -0.2) is 4.98 Å². The standard InChI is InChI=1S/C25H29N5O3S/c1-4-6-13-20-27-23(31)22(24-29-28-21(33-24)14-18-15-34-16(3)26-18)25(32)30(20)19(10-5-2)17-11-8-7-9-12-17/h7-9,11-12,15,19,31H,4-6,10,13-14H2,1-3H3/t19-/m0/s1. The Labute approximate surface area is 202 Å². The summed E-state index contributed by atoms with van der Waals surface area (Å²) in [5.41, 5.74) is 1.40. The Hall–Kier alpha value is -3.33. The maximum atomic E-state index is 13.9.